The first-order valence-corrected chi connectivity index (χ1v) is 6.29. The Balaban J connectivity index is 2.51. The minimum absolute atomic E-state index is 0.234. The summed E-state index contributed by atoms with van der Waals surface area (Å²) in [6.45, 7) is 0. The van der Waals surface area contributed by atoms with Gasteiger partial charge in [0.15, 0.2) is 5.69 Å². The molecule has 1 heterocycles. The second kappa shape index (κ2) is 5.50. The zero-order valence-electron chi connectivity index (χ0n) is 9.48. The van der Waals surface area contributed by atoms with Crippen molar-refractivity contribution in [3.05, 3.63) is 57.3 Å². The van der Waals surface area contributed by atoms with E-state index in [0.29, 0.717) is 20.8 Å². The van der Waals surface area contributed by atoms with Gasteiger partial charge in [-0.25, -0.2) is 4.98 Å². The van der Waals surface area contributed by atoms with E-state index in [2.05, 4.69) is 20.9 Å². The molecule has 0 radical (unpaired) electrons. The summed E-state index contributed by atoms with van der Waals surface area (Å²) < 4.78 is 5.80. The Morgan fingerprint density at radius 1 is 1.39 bits per heavy atom. The van der Waals surface area contributed by atoms with E-state index in [-0.39, 0.29) is 11.5 Å². The molecule has 0 saturated carbocycles. The molecule has 0 saturated heterocycles. The van der Waals surface area contributed by atoms with Gasteiger partial charge in [0.25, 0.3) is 0 Å². The quantitative estimate of drug-likeness (QED) is 0.807. The lowest BCUT2D eigenvalue weighted by molar-refractivity contribution is 0.103. The van der Waals surface area contributed by atoms with Crippen LogP contribution in [0.15, 0.2) is 41.0 Å². The minimum atomic E-state index is -0.234. The molecule has 0 aliphatic carbocycles. The van der Waals surface area contributed by atoms with E-state index in [0.717, 1.165) is 0 Å². The summed E-state index contributed by atoms with van der Waals surface area (Å²) >= 11 is 9.22. The molecule has 2 aromatic rings. The third-order valence-electron chi connectivity index (χ3n) is 2.38. The van der Waals surface area contributed by atoms with Crippen LogP contribution in [0.3, 0.4) is 0 Å². The fourth-order valence-corrected chi connectivity index (χ4v) is 2.12. The van der Waals surface area contributed by atoms with E-state index >= 15 is 0 Å². The number of hydrogen-bond donors (Lipinski definition) is 0. The van der Waals surface area contributed by atoms with Crippen LogP contribution in [0.1, 0.15) is 16.1 Å². The zero-order valence-corrected chi connectivity index (χ0v) is 11.8. The maximum absolute atomic E-state index is 12.4. The van der Waals surface area contributed by atoms with E-state index in [1.54, 1.807) is 36.5 Å². The van der Waals surface area contributed by atoms with Crippen LogP contribution >= 0.6 is 27.5 Å². The molecule has 0 bridgehead atoms. The number of carbonyl (C=O) groups excluding carboxylic acids is 1. The summed E-state index contributed by atoms with van der Waals surface area (Å²) in [6, 6.07) is 8.44. The van der Waals surface area contributed by atoms with Gasteiger partial charge in [-0.05, 0) is 30.3 Å². The summed E-state index contributed by atoms with van der Waals surface area (Å²) in [5, 5.41) is 0.497. The van der Waals surface area contributed by atoms with Gasteiger partial charge in [0.1, 0.15) is 5.75 Å². The van der Waals surface area contributed by atoms with Crippen molar-refractivity contribution < 1.29 is 9.53 Å². The Hall–Kier alpha value is -1.39. The van der Waals surface area contributed by atoms with Crippen molar-refractivity contribution in [2.75, 3.05) is 7.11 Å². The van der Waals surface area contributed by atoms with Crippen LogP contribution in [-0.4, -0.2) is 17.9 Å². The van der Waals surface area contributed by atoms with Crippen molar-refractivity contribution >= 4 is 33.3 Å². The number of pyridine rings is 1. The maximum Gasteiger partial charge on any atom is 0.216 e. The molecule has 0 spiro atoms. The van der Waals surface area contributed by atoms with Crippen LogP contribution in [0.4, 0.5) is 0 Å². The maximum atomic E-state index is 12.4. The molecule has 1 aromatic heterocycles. The van der Waals surface area contributed by atoms with Gasteiger partial charge < -0.3 is 4.74 Å². The lowest BCUT2D eigenvalue weighted by Gasteiger charge is -2.07. The standard InChI is InChI=1S/C13H9BrClNO2/c1-18-11-3-2-6-16-12(11)13(17)9-7-8(15)4-5-10(9)14/h2-7H,1H3. The minimum Gasteiger partial charge on any atom is -0.494 e. The van der Waals surface area contributed by atoms with Crippen molar-refractivity contribution in [2.24, 2.45) is 0 Å². The predicted octanol–water partition coefficient (Wildman–Crippen LogP) is 3.74. The van der Waals surface area contributed by atoms with Gasteiger partial charge in [-0.1, -0.05) is 27.5 Å². The first-order chi connectivity index (χ1) is 8.63. The Kier molecular flexibility index (Phi) is 3.99. The molecule has 92 valence electrons. The third-order valence-corrected chi connectivity index (χ3v) is 3.31. The highest BCUT2D eigenvalue weighted by Crippen LogP contribution is 2.26. The topological polar surface area (TPSA) is 39.2 Å². The number of benzene rings is 1. The molecule has 0 amide bonds. The second-order valence-electron chi connectivity index (χ2n) is 3.51. The number of aromatic nitrogens is 1. The Bertz CT molecular complexity index is 601. The number of ether oxygens (including phenoxy) is 1. The molecule has 0 N–H and O–H groups in total. The number of nitrogens with zero attached hydrogens (tertiary/aromatic N) is 1. The molecular weight excluding hydrogens is 318 g/mol. The predicted molar refractivity (Wildman–Crippen MR) is 73.4 cm³/mol. The molecule has 0 fully saturated rings. The average Bonchev–Trinajstić information content (AvgIpc) is 2.40. The molecule has 1 aromatic carbocycles. The monoisotopic (exact) mass is 325 g/mol. The number of rotatable bonds is 3. The fourth-order valence-electron chi connectivity index (χ4n) is 1.52. The smallest absolute Gasteiger partial charge is 0.216 e. The third kappa shape index (κ3) is 2.54. The van der Waals surface area contributed by atoms with Crippen molar-refractivity contribution in [3.8, 4) is 5.75 Å². The van der Waals surface area contributed by atoms with Crippen molar-refractivity contribution in [1.29, 1.82) is 0 Å². The van der Waals surface area contributed by atoms with Crippen LogP contribution in [0.5, 0.6) is 5.75 Å². The highest BCUT2D eigenvalue weighted by molar-refractivity contribution is 9.10. The first kappa shape index (κ1) is 13.1. The summed E-state index contributed by atoms with van der Waals surface area (Å²) in [5.74, 6) is 0.205. The van der Waals surface area contributed by atoms with Gasteiger partial charge >= 0.3 is 0 Å². The Labute approximate surface area is 118 Å². The molecular formula is C13H9BrClNO2. The summed E-state index contributed by atoms with van der Waals surface area (Å²) in [4.78, 5) is 16.4. The summed E-state index contributed by atoms with van der Waals surface area (Å²) in [7, 11) is 1.50. The van der Waals surface area contributed by atoms with E-state index in [1.807, 2.05) is 0 Å². The number of methoxy groups -OCH3 is 1. The van der Waals surface area contributed by atoms with Crippen LogP contribution in [0.25, 0.3) is 0 Å². The second-order valence-corrected chi connectivity index (χ2v) is 4.80. The molecule has 3 nitrogen and oxygen atoms in total. The van der Waals surface area contributed by atoms with Gasteiger partial charge in [0, 0.05) is 21.3 Å². The molecule has 18 heavy (non-hydrogen) atoms. The Morgan fingerprint density at radius 3 is 2.89 bits per heavy atom. The van der Waals surface area contributed by atoms with Crippen LogP contribution in [0.2, 0.25) is 5.02 Å². The lowest BCUT2D eigenvalue weighted by Crippen LogP contribution is -2.07. The number of halogens is 2. The number of ketones is 1. The van der Waals surface area contributed by atoms with Gasteiger partial charge in [-0.2, -0.15) is 0 Å². The van der Waals surface area contributed by atoms with Crippen molar-refractivity contribution in [3.63, 3.8) is 0 Å². The van der Waals surface area contributed by atoms with Gasteiger partial charge in [0.2, 0.25) is 5.78 Å². The largest absolute Gasteiger partial charge is 0.494 e. The summed E-state index contributed by atoms with van der Waals surface area (Å²) in [5.41, 5.74) is 0.725. The lowest BCUT2D eigenvalue weighted by atomic mass is 10.1. The van der Waals surface area contributed by atoms with E-state index < -0.39 is 0 Å². The molecule has 0 unspecified atom stereocenters. The normalized spacial score (nSPS) is 10.2. The van der Waals surface area contributed by atoms with Crippen LogP contribution in [-0.2, 0) is 0 Å². The number of carbonyl (C=O) groups is 1. The van der Waals surface area contributed by atoms with Crippen molar-refractivity contribution in [1.82, 2.24) is 4.98 Å². The van der Waals surface area contributed by atoms with Crippen LogP contribution in [0, 0.1) is 0 Å². The fraction of sp³-hybridized carbons (Fsp3) is 0.0769. The first-order valence-electron chi connectivity index (χ1n) is 5.12. The molecule has 0 atom stereocenters. The summed E-state index contributed by atoms with van der Waals surface area (Å²) in [6.07, 6.45) is 1.55. The zero-order chi connectivity index (χ0) is 13.1. The van der Waals surface area contributed by atoms with Gasteiger partial charge in [0.05, 0.1) is 7.11 Å². The molecule has 0 aliphatic rings. The Morgan fingerprint density at radius 2 is 2.17 bits per heavy atom. The van der Waals surface area contributed by atoms with Gasteiger partial charge in [-0.15, -0.1) is 0 Å². The average molecular weight is 327 g/mol. The SMILES string of the molecule is COc1cccnc1C(=O)c1cc(Cl)ccc1Br. The van der Waals surface area contributed by atoms with Crippen molar-refractivity contribution in [2.45, 2.75) is 0 Å². The highest BCUT2D eigenvalue weighted by Gasteiger charge is 2.18. The van der Waals surface area contributed by atoms with Crippen LogP contribution < -0.4 is 4.74 Å². The van der Waals surface area contributed by atoms with Gasteiger partial charge in [-0.3, -0.25) is 4.79 Å². The molecule has 2 rings (SSSR count). The number of hydrogen-bond acceptors (Lipinski definition) is 3. The van der Waals surface area contributed by atoms with E-state index in [1.165, 1.54) is 7.11 Å². The molecule has 0 aliphatic heterocycles. The molecule has 5 heteroatoms. The van der Waals surface area contributed by atoms with E-state index in [9.17, 15) is 4.79 Å². The van der Waals surface area contributed by atoms with E-state index in [4.69, 9.17) is 16.3 Å². The highest BCUT2D eigenvalue weighted by atomic mass is 79.9.